The van der Waals surface area contributed by atoms with Crippen molar-refractivity contribution in [2.45, 2.75) is 82.0 Å². The largest absolute Gasteiger partial charge is 0.382 e. The van der Waals surface area contributed by atoms with Crippen molar-refractivity contribution in [1.82, 2.24) is 10.3 Å². The molecule has 4 N–H and O–H groups in total. The van der Waals surface area contributed by atoms with Gasteiger partial charge in [0, 0.05) is 52.0 Å². The average Bonchev–Trinajstić information content (AvgIpc) is 3.66. The van der Waals surface area contributed by atoms with Crippen molar-refractivity contribution in [2.24, 2.45) is 11.7 Å². The van der Waals surface area contributed by atoms with E-state index >= 15 is 0 Å². The van der Waals surface area contributed by atoms with Crippen LogP contribution in [0.3, 0.4) is 0 Å². The highest BCUT2D eigenvalue weighted by Crippen LogP contribution is 2.39. The molecule has 1 aromatic heterocycles. The van der Waals surface area contributed by atoms with Gasteiger partial charge in [-0.05, 0) is 98.0 Å². The molecule has 4 fully saturated rings. The fourth-order valence-corrected chi connectivity index (χ4v) is 6.56. The van der Waals surface area contributed by atoms with Gasteiger partial charge in [-0.2, -0.15) is 0 Å². The third-order valence-electron chi connectivity index (χ3n) is 8.40. The quantitative estimate of drug-likeness (QED) is 0.407. The summed E-state index contributed by atoms with van der Waals surface area (Å²) in [7, 11) is 0. The van der Waals surface area contributed by atoms with Crippen molar-refractivity contribution in [1.29, 1.82) is 0 Å². The lowest BCUT2D eigenvalue weighted by Gasteiger charge is -2.40. The lowest BCUT2D eigenvalue weighted by Crippen LogP contribution is -2.50. The number of aromatic nitrogens is 1. The normalized spacial score (nSPS) is 24.9. The molecule has 2 aromatic rings. The molecule has 2 saturated heterocycles. The number of ketones is 1. The Kier molecular flexibility index (Phi) is 6.42. The molecule has 2 amide bonds. The molecule has 2 aliphatic carbocycles. The molecule has 1 aromatic carbocycles. The zero-order chi connectivity index (χ0) is 25.7. The maximum Gasteiger partial charge on any atom is 0.252 e. The Balaban J connectivity index is 1.14. The van der Waals surface area contributed by atoms with E-state index in [9.17, 15) is 14.4 Å². The smallest absolute Gasteiger partial charge is 0.252 e. The fraction of sp³-hybridized carbons (Fsp3) is 0.500. The maximum atomic E-state index is 13.3. The zero-order valence-corrected chi connectivity index (χ0v) is 22.3. The summed E-state index contributed by atoms with van der Waals surface area (Å²) in [6.45, 7) is 0. The SMILES string of the molecule is NC(=O)c1cc(Br)c(C(=O)NC2C[C@H]3CC[C@@H](C2)N3c2ccc(C(=O)C3CC3)cn2)cc1NC1CCC1. The first-order chi connectivity index (χ1) is 17.9. The zero-order valence-electron chi connectivity index (χ0n) is 20.7. The Labute approximate surface area is 224 Å². The number of anilines is 2. The van der Waals surface area contributed by atoms with E-state index in [1.165, 1.54) is 0 Å². The van der Waals surface area contributed by atoms with E-state index in [4.69, 9.17) is 5.73 Å². The number of carbonyl (C=O) groups excluding carboxylic acids is 3. The van der Waals surface area contributed by atoms with Gasteiger partial charge in [0.1, 0.15) is 5.82 Å². The number of amides is 2. The average molecular weight is 567 g/mol. The number of Topliss-reactive ketones (excluding diaryl/α,β-unsaturated/α-hetero) is 1. The summed E-state index contributed by atoms with van der Waals surface area (Å²) in [5.41, 5.74) is 7.82. The van der Waals surface area contributed by atoms with Gasteiger partial charge >= 0.3 is 0 Å². The van der Waals surface area contributed by atoms with Crippen LogP contribution in [0.1, 0.15) is 88.9 Å². The lowest BCUT2D eigenvalue weighted by molar-refractivity contribution is 0.0923. The number of carbonyl (C=O) groups is 3. The summed E-state index contributed by atoms with van der Waals surface area (Å²) in [4.78, 5) is 44.7. The molecule has 3 heterocycles. The Hall–Kier alpha value is -2.94. The summed E-state index contributed by atoms with van der Waals surface area (Å²) in [5.74, 6) is 0.654. The molecule has 37 heavy (non-hydrogen) atoms. The van der Waals surface area contributed by atoms with E-state index in [-0.39, 0.29) is 23.7 Å². The van der Waals surface area contributed by atoms with Gasteiger partial charge in [0.15, 0.2) is 5.78 Å². The minimum atomic E-state index is -0.517. The second-order valence-corrected chi connectivity index (χ2v) is 11.8. The summed E-state index contributed by atoms with van der Waals surface area (Å²) in [6.07, 6.45) is 10.8. The molecular weight excluding hydrogens is 534 g/mol. The number of pyridine rings is 1. The second kappa shape index (κ2) is 9.74. The molecular formula is C28H32BrN5O3. The molecule has 4 aliphatic rings. The predicted octanol–water partition coefficient (Wildman–Crippen LogP) is 4.43. The monoisotopic (exact) mass is 565 g/mol. The van der Waals surface area contributed by atoms with E-state index in [1.807, 2.05) is 12.1 Å². The van der Waals surface area contributed by atoms with Crippen LogP contribution in [-0.2, 0) is 0 Å². The molecule has 194 valence electrons. The third kappa shape index (κ3) is 4.85. The number of halogens is 1. The highest BCUT2D eigenvalue weighted by atomic mass is 79.9. The van der Waals surface area contributed by atoms with Crippen LogP contribution in [0, 0.1) is 5.92 Å². The molecule has 2 aliphatic heterocycles. The number of rotatable bonds is 8. The van der Waals surface area contributed by atoms with Crippen LogP contribution in [0.2, 0.25) is 0 Å². The van der Waals surface area contributed by atoms with Crippen molar-refractivity contribution in [3.63, 3.8) is 0 Å². The van der Waals surface area contributed by atoms with Crippen LogP contribution in [0.15, 0.2) is 34.9 Å². The van der Waals surface area contributed by atoms with Crippen molar-refractivity contribution >= 4 is 45.0 Å². The number of hydrogen-bond donors (Lipinski definition) is 3. The lowest BCUT2D eigenvalue weighted by atomic mass is 9.92. The molecule has 2 bridgehead atoms. The molecule has 2 saturated carbocycles. The number of primary amides is 1. The van der Waals surface area contributed by atoms with Gasteiger partial charge in [-0.3, -0.25) is 14.4 Å². The van der Waals surface area contributed by atoms with E-state index in [1.54, 1.807) is 18.3 Å². The van der Waals surface area contributed by atoms with Crippen molar-refractivity contribution < 1.29 is 14.4 Å². The number of fused-ring (bicyclic) bond motifs is 2. The van der Waals surface area contributed by atoms with Crippen molar-refractivity contribution in [3.05, 3.63) is 51.6 Å². The van der Waals surface area contributed by atoms with Crippen LogP contribution < -0.4 is 21.3 Å². The van der Waals surface area contributed by atoms with Gasteiger partial charge in [0.05, 0.1) is 11.1 Å². The van der Waals surface area contributed by atoms with Crippen molar-refractivity contribution in [2.75, 3.05) is 10.2 Å². The van der Waals surface area contributed by atoms with E-state index in [0.717, 1.165) is 63.6 Å². The summed E-state index contributed by atoms with van der Waals surface area (Å²) in [5, 5.41) is 6.63. The molecule has 6 rings (SSSR count). The molecule has 1 unspecified atom stereocenters. The van der Waals surface area contributed by atoms with Crippen LogP contribution in [0.25, 0.3) is 0 Å². The number of piperidine rings is 1. The van der Waals surface area contributed by atoms with Gasteiger partial charge in [-0.1, -0.05) is 0 Å². The van der Waals surface area contributed by atoms with Gasteiger partial charge in [-0.25, -0.2) is 4.98 Å². The van der Waals surface area contributed by atoms with Crippen LogP contribution >= 0.6 is 15.9 Å². The molecule has 8 nitrogen and oxygen atoms in total. The topological polar surface area (TPSA) is 117 Å². The molecule has 9 heteroatoms. The van der Waals surface area contributed by atoms with Crippen molar-refractivity contribution in [3.8, 4) is 0 Å². The van der Waals surface area contributed by atoms with Crippen LogP contribution in [0.5, 0.6) is 0 Å². The Morgan fingerprint density at radius 2 is 1.68 bits per heavy atom. The first-order valence-corrected chi connectivity index (χ1v) is 14.2. The minimum Gasteiger partial charge on any atom is -0.382 e. The highest BCUT2D eigenvalue weighted by Gasteiger charge is 2.42. The predicted molar refractivity (Wildman–Crippen MR) is 145 cm³/mol. The molecule has 0 radical (unpaired) electrons. The molecule has 3 atom stereocenters. The number of nitrogens with two attached hydrogens (primary N) is 1. The minimum absolute atomic E-state index is 0.0581. The number of nitrogens with zero attached hydrogens (tertiary/aromatic N) is 2. The van der Waals surface area contributed by atoms with E-state index < -0.39 is 5.91 Å². The van der Waals surface area contributed by atoms with E-state index in [0.29, 0.717) is 45.0 Å². The Morgan fingerprint density at radius 1 is 0.946 bits per heavy atom. The van der Waals surface area contributed by atoms with Gasteiger partial charge in [0.2, 0.25) is 0 Å². The number of benzene rings is 1. The maximum absolute atomic E-state index is 13.3. The Morgan fingerprint density at radius 3 is 2.24 bits per heavy atom. The Bertz CT molecular complexity index is 1230. The summed E-state index contributed by atoms with van der Waals surface area (Å²) in [6, 6.07) is 8.26. The van der Waals surface area contributed by atoms with E-state index in [2.05, 4.69) is 36.4 Å². The number of nitrogens with one attached hydrogen (secondary N) is 2. The third-order valence-corrected chi connectivity index (χ3v) is 9.05. The second-order valence-electron chi connectivity index (χ2n) is 11.0. The first-order valence-electron chi connectivity index (χ1n) is 13.4. The summed E-state index contributed by atoms with van der Waals surface area (Å²) < 4.78 is 0.559. The standard InChI is InChI=1S/C28H32BrN5O3/c29-23-12-22(27(30)36)24(32-17-2-1-3-17)13-21(23)28(37)33-18-10-19-7-8-20(11-18)34(19)25-9-6-16(14-31-25)26(35)15-4-5-15/h6,9,12-15,17-20,32H,1-5,7-8,10-11H2,(H2,30,36)(H,33,37)/t18?,19-,20+. The first kappa shape index (κ1) is 24.4. The van der Waals surface area contributed by atoms with Crippen LogP contribution in [-0.4, -0.2) is 46.7 Å². The summed E-state index contributed by atoms with van der Waals surface area (Å²) >= 11 is 3.48. The van der Waals surface area contributed by atoms with Crippen LogP contribution in [0.4, 0.5) is 11.5 Å². The highest BCUT2D eigenvalue weighted by molar-refractivity contribution is 9.10. The van der Waals surface area contributed by atoms with Gasteiger partial charge in [0.25, 0.3) is 11.8 Å². The van der Waals surface area contributed by atoms with Gasteiger partial charge in [-0.15, -0.1) is 0 Å². The number of hydrogen-bond acceptors (Lipinski definition) is 6. The van der Waals surface area contributed by atoms with Gasteiger partial charge < -0.3 is 21.3 Å². The molecule has 0 spiro atoms. The fourth-order valence-electron chi connectivity index (χ4n) is 6.04.